The number of aromatic nitrogens is 3. The Bertz CT molecular complexity index is 1330. The van der Waals surface area contributed by atoms with Gasteiger partial charge in [-0.15, -0.1) is 10.2 Å². The predicted molar refractivity (Wildman–Crippen MR) is 141 cm³/mol. The fourth-order valence-corrected chi connectivity index (χ4v) is 4.99. The molecule has 0 N–H and O–H groups in total. The van der Waals surface area contributed by atoms with E-state index in [4.69, 9.17) is 9.47 Å². The maximum Gasteiger partial charge on any atom is 0.254 e. The van der Waals surface area contributed by atoms with Crippen LogP contribution in [-0.2, 0) is 10.5 Å². The highest BCUT2D eigenvalue weighted by molar-refractivity contribution is 7.98. The average Bonchev–Trinajstić information content (AvgIpc) is 3.37. The summed E-state index contributed by atoms with van der Waals surface area (Å²) < 4.78 is 12.8. The second kappa shape index (κ2) is 11.0. The van der Waals surface area contributed by atoms with Gasteiger partial charge in [-0.1, -0.05) is 53.7 Å². The number of nitrogens with zero attached hydrogens (tertiary/aromatic N) is 4. The van der Waals surface area contributed by atoms with Gasteiger partial charge in [0, 0.05) is 35.7 Å². The van der Waals surface area contributed by atoms with Gasteiger partial charge in [-0.2, -0.15) is 0 Å². The van der Waals surface area contributed by atoms with E-state index in [9.17, 15) is 4.79 Å². The fraction of sp³-hybridized carbons (Fsp3) is 0.250. The largest absolute Gasteiger partial charge is 0.497 e. The van der Waals surface area contributed by atoms with Crippen LogP contribution in [-0.4, -0.2) is 59.0 Å². The van der Waals surface area contributed by atoms with Crippen molar-refractivity contribution < 1.29 is 14.3 Å². The Kier molecular flexibility index (Phi) is 7.34. The van der Waals surface area contributed by atoms with Crippen molar-refractivity contribution >= 4 is 17.7 Å². The molecule has 0 unspecified atom stereocenters. The molecule has 1 fully saturated rings. The Hall–Kier alpha value is -3.62. The van der Waals surface area contributed by atoms with Gasteiger partial charge in [0.25, 0.3) is 5.91 Å². The highest BCUT2D eigenvalue weighted by Crippen LogP contribution is 2.31. The molecule has 1 saturated heterocycles. The quantitative estimate of drug-likeness (QED) is 0.332. The van der Waals surface area contributed by atoms with Crippen LogP contribution in [0.1, 0.15) is 21.5 Å². The van der Waals surface area contributed by atoms with Crippen LogP contribution in [0.2, 0.25) is 0 Å². The number of carbonyl (C=O) groups excluding carboxylic acids is 1. The molecule has 7 nitrogen and oxygen atoms in total. The number of methoxy groups -OCH3 is 1. The molecule has 0 radical (unpaired) electrons. The second-order valence-electron chi connectivity index (χ2n) is 8.60. The molecule has 36 heavy (non-hydrogen) atoms. The summed E-state index contributed by atoms with van der Waals surface area (Å²) in [5.74, 6) is 2.28. The van der Waals surface area contributed by atoms with Crippen molar-refractivity contribution in [3.63, 3.8) is 0 Å². The molecule has 1 aromatic heterocycles. The van der Waals surface area contributed by atoms with Crippen molar-refractivity contribution in [1.82, 2.24) is 19.7 Å². The van der Waals surface area contributed by atoms with Crippen molar-refractivity contribution in [3.05, 3.63) is 89.5 Å². The van der Waals surface area contributed by atoms with Gasteiger partial charge in [-0.25, -0.2) is 0 Å². The van der Waals surface area contributed by atoms with E-state index in [2.05, 4.69) is 46.0 Å². The molecule has 1 amide bonds. The van der Waals surface area contributed by atoms with E-state index in [0.29, 0.717) is 37.6 Å². The van der Waals surface area contributed by atoms with Gasteiger partial charge in [0.1, 0.15) is 5.75 Å². The zero-order chi connectivity index (χ0) is 24.9. The van der Waals surface area contributed by atoms with Gasteiger partial charge in [-0.05, 0) is 48.9 Å². The first-order valence-electron chi connectivity index (χ1n) is 11.9. The standard InChI is InChI=1S/C28H28N4O3S/c1-20-6-12-24(13-7-20)32-26(23-4-3-5-25(18-23)34-2)29-30-28(32)36-19-21-8-10-22(11-9-21)27(33)31-14-16-35-17-15-31/h3-13,18H,14-17,19H2,1-2H3. The smallest absolute Gasteiger partial charge is 0.254 e. The lowest BCUT2D eigenvalue weighted by Gasteiger charge is -2.26. The topological polar surface area (TPSA) is 69.5 Å². The minimum Gasteiger partial charge on any atom is -0.497 e. The molecule has 3 aromatic carbocycles. The molecule has 4 aromatic rings. The van der Waals surface area contributed by atoms with Gasteiger partial charge >= 0.3 is 0 Å². The Morgan fingerprint density at radius 3 is 2.47 bits per heavy atom. The van der Waals surface area contributed by atoms with Crippen molar-refractivity contribution in [2.24, 2.45) is 0 Å². The first kappa shape index (κ1) is 24.1. The van der Waals surface area contributed by atoms with Crippen LogP contribution in [0.25, 0.3) is 17.1 Å². The fourth-order valence-electron chi connectivity index (χ4n) is 4.08. The summed E-state index contributed by atoms with van der Waals surface area (Å²) >= 11 is 1.61. The summed E-state index contributed by atoms with van der Waals surface area (Å²) in [6.07, 6.45) is 0. The van der Waals surface area contributed by atoms with Crippen LogP contribution in [0, 0.1) is 6.92 Å². The lowest BCUT2D eigenvalue weighted by atomic mass is 10.1. The molecule has 2 heterocycles. The van der Waals surface area contributed by atoms with E-state index in [1.807, 2.05) is 53.4 Å². The normalized spacial score (nSPS) is 13.6. The van der Waals surface area contributed by atoms with E-state index < -0.39 is 0 Å². The van der Waals surface area contributed by atoms with Gasteiger partial charge in [0.2, 0.25) is 0 Å². The molecule has 1 aliphatic heterocycles. The predicted octanol–water partition coefficient (Wildman–Crippen LogP) is 5.02. The van der Waals surface area contributed by atoms with Crippen LogP contribution in [0.3, 0.4) is 0 Å². The van der Waals surface area contributed by atoms with E-state index in [-0.39, 0.29) is 5.91 Å². The van der Waals surface area contributed by atoms with Crippen LogP contribution in [0.15, 0.2) is 78.0 Å². The Morgan fingerprint density at radius 2 is 1.75 bits per heavy atom. The number of benzene rings is 3. The van der Waals surface area contributed by atoms with Gasteiger partial charge in [0.15, 0.2) is 11.0 Å². The summed E-state index contributed by atoms with van der Waals surface area (Å²) in [7, 11) is 1.66. The van der Waals surface area contributed by atoms with Crippen molar-refractivity contribution in [2.45, 2.75) is 17.8 Å². The zero-order valence-electron chi connectivity index (χ0n) is 20.4. The molecule has 0 spiro atoms. The van der Waals surface area contributed by atoms with Crippen LogP contribution in [0.4, 0.5) is 0 Å². The maximum atomic E-state index is 12.7. The number of carbonyl (C=O) groups is 1. The minimum absolute atomic E-state index is 0.0551. The second-order valence-corrected chi connectivity index (χ2v) is 9.54. The van der Waals surface area contributed by atoms with Crippen LogP contribution >= 0.6 is 11.8 Å². The zero-order valence-corrected chi connectivity index (χ0v) is 21.2. The number of rotatable bonds is 7. The molecule has 8 heteroatoms. The number of thioether (sulfide) groups is 1. The molecule has 0 saturated carbocycles. The summed E-state index contributed by atoms with van der Waals surface area (Å²) in [4.78, 5) is 14.6. The lowest BCUT2D eigenvalue weighted by molar-refractivity contribution is 0.0303. The molecule has 0 aliphatic carbocycles. The van der Waals surface area contributed by atoms with Crippen molar-refractivity contribution in [3.8, 4) is 22.8 Å². The SMILES string of the molecule is COc1cccc(-c2nnc(SCc3ccc(C(=O)N4CCOCC4)cc3)n2-c2ccc(C)cc2)c1. The molecule has 0 atom stereocenters. The molecule has 0 bridgehead atoms. The van der Waals surface area contributed by atoms with E-state index >= 15 is 0 Å². The molecular weight excluding hydrogens is 472 g/mol. The summed E-state index contributed by atoms with van der Waals surface area (Å²) in [5, 5.41) is 9.87. The molecule has 1 aliphatic rings. The summed E-state index contributed by atoms with van der Waals surface area (Å²) in [6, 6.07) is 24.0. The molecular formula is C28H28N4O3S. The van der Waals surface area contributed by atoms with Crippen molar-refractivity contribution in [1.29, 1.82) is 0 Å². The molecule has 184 valence electrons. The van der Waals surface area contributed by atoms with Crippen molar-refractivity contribution in [2.75, 3.05) is 33.4 Å². The maximum absolute atomic E-state index is 12.7. The Labute approximate surface area is 215 Å². The highest BCUT2D eigenvalue weighted by Gasteiger charge is 2.19. The molecule has 5 rings (SSSR count). The number of hydrogen-bond donors (Lipinski definition) is 0. The lowest BCUT2D eigenvalue weighted by Crippen LogP contribution is -2.40. The third kappa shape index (κ3) is 5.29. The van der Waals surface area contributed by atoms with Gasteiger partial charge in [0.05, 0.1) is 20.3 Å². The summed E-state index contributed by atoms with van der Waals surface area (Å²) in [5.41, 5.74) is 4.93. The Morgan fingerprint density at radius 1 is 1.00 bits per heavy atom. The van der Waals surface area contributed by atoms with Crippen LogP contribution in [0.5, 0.6) is 5.75 Å². The van der Waals surface area contributed by atoms with Gasteiger partial charge in [-0.3, -0.25) is 9.36 Å². The van der Waals surface area contributed by atoms with Gasteiger partial charge < -0.3 is 14.4 Å². The number of morpholine rings is 1. The van der Waals surface area contributed by atoms with E-state index in [1.54, 1.807) is 18.9 Å². The minimum atomic E-state index is 0.0551. The number of amides is 1. The summed E-state index contributed by atoms with van der Waals surface area (Å²) in [6.45, 7) is 4.54. The van der Waals surface area contributed by atoms with E-state index in [1.165, 1.54) is 5.56 Å². The number of ether oxygens (including phenoxy) is 2. The first-order valence-corrected chi connectivity index (χ1v) is 12.9. The number of hydrogen-bond acceptors (Lipinski definition) is 6. The number of aryl methyl sites for hydroxylation is 1. The Balaban J connectivity index is 1.38. The third-order valence-electron chi connectivity index (χ3n) is 6.12. The highest BCUT2D eigenvalue weighted by atomic mass is 32.2. The third-order valence-corrected chi connectivity index (χ3v) is 7.12. The average molecular weight is 501 g/mol. The first-order chi connectivity index (χ1) is 17.6. The van der Waals surface area contributed by atoms with E-state index in [0.717, 1.165) is 33.5 Å². The van der Waals surface area contributed by atoms with Crippen LogP contribution < -0.4 is 4.74 Å². The monoisotopic (exact) mass is 500 g/mol.